The molecule has 2 fully saturated rings. The minimum atomic E-state index is -4.09. The lowest BCUT2D eigenvalue weighted by molar-refractivity contribution is -0.0907. The van der Waals surface area contributed by atoms with Gasteiger partial charge in [-0.1, -0.05) is 38.1 Å². The molecule has 264 valence electrons. The summed E-state index contributed by atoms with van der Waals surface area (Å²) in [7, 11) is -4.09. The zero-order chi connectivity index (χ0) is 34.5. The number of sulfonamides is 1. The zero-order valence-corrected chi connectivity index (χ0v) is 28.1. The number of aliphatic hydroxyl groups excluding tert-OH is 1. The van der Waals surface area contributed by atoms with Crippen LogP contribution in [0.1, 0.15) is 31.4 Å². The fraction of sp³-hybridized carbons (Fsp3) is 0.457. The number of nitrogens with one attached hydrogen (secondary N) is 1. The number of alkyl carbamates (subject to hydrolysis) is 1. The van der Waals surface area contributed by atoms with Crippen molar-refractivity contribution in [3.8, 4) is 17.2 Å². The molecule has 14 heteroatoms. The van der Waals surface area contributed by atoms with Crippen molar-refractivity contribution in [2.75, 3.05) is 33.1 Å². The third-order valence-corrected chi connectivity index (χ3v) is 10.5. The Kier molecular flexibility index (Phi) is 10.9. The van der Waals surface area contributed by atoms with Crippen molar-refractivity contribution in [1.82, 2.24) is 9.62 Å². The standard InChI is InChI=1S/C35H41FN2O10S/c1-22(2)17-38(49(41,42)27-11-12-31-32(16-27)47-21-46-31)18-30(39)29(37-35(40)48-33-20-45-34-28(33)13-14-43-34)15-23-5-9-26(10-6-23)44-19-24-3-7-25(36)8-4-24/h3-12,16,22,28-30,33-34,39H,13-15,17-21H2,1-2H3,(H,37,40)/t28-,29-,30+,33-,34+/m0/s1. The van der Waals surface area contributed by atoms with E-state index in [1.807, 2.05) is 13.8 Å². The maximum Gasteiger partial charge on any atom is 0.407 e. The van der Waals surface area contributed by atoms with Crippen molar-refractivity contribution in [2.45, 2.75) is 62.7 Å². The summed E-state index contributed by atoms with van der Waals surface area (Å²) in [5, 5.41) is 14.4. The van der Waals surface area contributed by atoms with E-state index in [1.54, 1.807) is 42.5 Å². The van der Waals surface area contributed by atoms with Crippen molar-refractivity contribution in [2.24, 2.45) is 11.8 Å². The Morgan fingerprint density at radius 3 is 2.49 bits per heavy atom. The van der Waals surface area contributed by atoms with E-state index >= 15 is 0 Å². The second-order valence-corrected chi connectivity index (χ2v) is 14.7. The Hall–Kier alpha value is -3.95. The van der Waals surface area contributed by atoms with Gasteiger partial charge >= 0.3 is 6.09 Å². The summed E-state index contributed by atoms with van der Waals surface area (Å²) < 4.78 is 75.7. The zero-order valence-electron chi connectivity index (χ0n) is 27.3. The SMILES string of the molecule is CC(C)CN(C[C@@H](O)[C@H](Cc1ccc(OCc2ccc(F)cc2)cc1)NC(=O)O[C@H]1CO[C@H]2OCC[C@H]21)S(=O)(=O)c1ccc2c(c1)OCO2. The predicted molar refractivity (Wildman–Crippen MR) is 174 cm³/mol. The molecule has 0 saturated carbocycles. The molecule has 0 unspecified atom stereocenters. The number of carbonyl (C=O) groups excluding carboxylic acids is 1. The highest BCUT2D eigenvalue weighted by molar-refractivity contribution is 7.89. The van der Waals surface area contributed by atoms with Crippen LogP contribution in [-0.2, 0) is 37.3 Å². The number of hydrogen-bond donors (Lipinski definition) is 2. The highest BCUT2D eigenvalue weighted by atomic mass is 32.2. The van der Waals surface area contributed by atoms with E-state index in [0.29, 0.717) is 30.3 Å². The molecular weight excluding hydrogens is 659 g/mol. The Balaban J connectivity index is 1.18. The molecular formula is C35H41FN2O10S. The number of benzene rings is 3. The lowest BCUT2D eigenvalue weighted by Gasteiger charge is -2.31. The summed E-state index contributed by atoms with van der Waals surface area (Å²) in [4.78, 5) is 13.2. The first-order valence-corrected chi connectivity index (χ1v) is 17.7. The summed E-state index contributed by atoms with van der Waals surface area (Å²) in [6.45, 7) is 4.54. The van der Waals surface area contributed by atoms with Gasteiger partial charge in [-0.25, -0.2) is 17.6 Å². The van der Waals surface area contributed by atoms with Crippen molar-refractivity contribution in [3.05, 3.63) is 83.7 Å². The van der Waals surface area contributed by atoms with Crippen LogP contribution in [0.4, 0.5) is 9.18 Å². The quantitative estimate of drug-likeness (QED) is 0.251. The fourth-order valence-corrected chi connectivity index (χ4v) is 7.71. The Labute approximate surface area is 285 Å². The van der Waals surface area contributed by atoms with Crippen molar-refractivity contribution < 1.29 is 51.1 Å². The van der Waals surface area contributed by atoms with Crippen LogP contribution in [-0.4, -0.2) is 81.6 Å². The fourth-order valence-electron chi connectivity index (χ4n) is 6.08. The first kappa shape index (κ1) is 34.9. The average molecular weight is 701 g/mol. The lowest BCUT2D eigenvalue weighted by atomic mass is 10.0. The number of amides is 1. The predicted octanol–water partition coefficient (Wildman–Crippen LogP) is 4.24. The van der Waals surface area contributed by atoms with E-state index in [1.165, 1.54) is 28.6 Å². The number of fused-ring (bicyclic) bond motifs is 2. The number of rotatable bonds is 14. The Bertz CT molecular complexity index is 1690. The number of carbonyl (C=O) groups is 1. The first-order chi connectivity index (χ1) is 23.5. The molecule has 3 heterocycles. The van der Waals surface area contributed by atoms with Gasteiger partial charge in [0.15, 0.2) is 17.8 Å². The van der Waals surface area contributed by atoms with Gasteiger partial charge < -0.3 is 38.8 Å². The van der Waals surface area contributed by atoms with E-state index in [4.69, 9.17) is 28.4 Å². The summed E-state index contributed by atoms with van der Waals surface area (Å²) in [5.74, 6) is 0.874. The smallest absolute Gasteiger partial charge is 0.407 e. The van der Waals surface area contributed by atoms with Crippen LogP contribution in [0.5, 0.6) is 17.2 Å². The van der Waals surface area contributed by atoms with Gasteiger partial charge in [0.05, 0.1) is 36.2 Å². The van der Waals surface area contributed by atoms with Crippen LogP contribution in [0.3, 0.4) is 0 Å². The normalized spacial score (nSPS) is 21.1. The van der Waals surface area contributed by atoms with Crippen LogP contribution >= 0.6 is 0 Å². The van der Waals surface area contributed by atoms with Gasteiger partial charge in [-0.3, -0.25) is 0 Å². The van der Waals surface area contributed by atoms with Crippen LogP contribution in [0.15, 0.2) is 71.6 Å². The topological polar surface area (TPSA) is 142 Å². The summed E-state index contributed by atoms with van der Waals surface area (Å²) >= 11 is 0. The maximum atomic E-state index is 13.9. The van der Waals surface area contributed by atoms with Gasteiger partial charge in [-0.15, -0.1) is 0 Å². The molecule has 2 N–H and O–H groups in total. The largest absolute Gasteiger partial charge is 0.489 e. The summed E-state index contributed by atoms with van der Waals surface area (Å²) in [5.41, 5.74) is 1.56. The van der Waals surface area contributed by atoms with Crippen LogP contribution in [0, 0.1) is 17.7 Å². The minimum Gasteiger partial charge on any atom is -0.489 e. The van der Waals surface area contributed by atoms with Crippen molar-refractivity contribution in [3.63, 3.8) is 0 Å². The molecule has 1 amide bonds. The van der Waals surface area contributed by atoms with Crippen LogP contribution in [0.2, 0.25) is 0 Å². The number of nitrogens with zero attached hydrogens (tertiary/aromatic N) is 1. The summed E-state index contributed by atoms with van der Waals surface area (Å²) in [6, 6.07) is 16.6. The van der Waals surface area contributed by atoms with Crippen molar-refractivity contribution >= 4 is 16.1 Å². The molecule has 3 aliphatic rings. The van der Waals surface area contributed by atoms with Crippen molar-refractivity contribution in [1.29, 1.82) is 0 Å². The van der Waals surface area contributed by atoms with E-state index in [2.05, 4.69) is 5.32 Å². The number of hydrogen-bond acceptors (Lipinski definition) is 10. The molecule has 3 aliphatic heterocycles. The van der Waals surface area contributed by atoms with Gasteiger partial charge in [0, 0.05) is 19.2 Å². The summed E-state index contributed by atoms with van der Waals surface area (Å²) in [6.07, 6.45) is -2.14. The van der Waals surface area contributed by atoms with Gasteiger partial charge in [-0.05, 0) is 66.3 Å². The Morgan fingerprint density at radius 2 is 1.73 bits per heavy atom. The van der Waals surface area contributed by atoms with E-state index in [9.17, 15) is 22.7 Å². The van der Waals surface area contributed by atoms with Crippen LogP contribution in [0.25, 0.3) is 0 Å². The van der Waals surface area contributed by atoms with Gasteiger partial charge in [0.2, 0.25) is 16.8 Å². The van der Waals surface area contributed by atoms with E-state index in [-0.39, 0.29) is 62.1 Å². The molecule has 49 heavy (non-hydrogen) atoms. The molecule has 3 aromatic rings. The monoisotopic (exact) mass is 700 g/mol. The third kappa shape index (κ3) is 8.62. The molecule has 0 radical (unpaired) electrons. The molecule has 2 saturated heterocycles. The second kappa shape index (κ2) is 15.3. The number of halogens is 1. The molecule has 5 atom stereocenters. The molecule has 6 rings (SSSR count). The maximum absolute atomic E-state index is 13.9. The second-order valence-electron chi connectivity index (χ2n) is 12.8. The average Bonchev–Trinajstić information content (AvgIpc) is 3.83. The number of ether oxygens (including phenoxy) is 6. The first-order valence-electron chi connectivity index (χ1n) is 16.3. The molecule has 0 bridgehead atoms. The molecule has 0 spiro atoms. The molecule has 3 aromatic carbocycles. The highest BCUT2D eigenvalue weighted by Crippen LogP contribution is 2.35. The molecule has 12 nitrogen and oxygen atoms in total. The number of aliphatic hydroxyl groups is 1. The molecule has 0 aromatic heterocycles. The van der Waals surface area contributed by atoms with Crippen LogP contribution < -0.4 is 19.5 Å². The minimum absolute atomic E-state index is 0.000525. The van der Waals surface area contributed by atoms with E-state index in [0.717, 1.165) is 11.1 Å². The highest BCUT2D eigenvalue weighted by Gasteiger charge is 2.44. The van der Waals surface area contributed by atoms with Gasteiger partial charge in [0.1, 0.15) is 24.3 Å². The van der Waals surface area contributed by atoms with E-state index < -0.39 is 40.7 Å². The molecule has 0 aliphatic carbocycles. The lowest BCUT2D eigenvalue weighted by Crippen LogP contribution is -2.51. The third-order valence-electron chi connectivity index (χ3n) is 8.65. The Morgan fingerprint density at radius 1 is 1.00 bits per heavy atom. The van der Waals surface area contributed by atoms with Gasteiger partial charge in [-0.2, -0.15) is 4.31 Å². The van der Waals surface area contributed by atoms with Gasteiger partial charge in [0.25, 0.3) is 0 Å².